The first-order valence-electron chi connectivity index (χ1n) is 11.6. The maximum Gasteiger partial charge on any atom is 0.225 e. The van der Waals surface area contributed by atoms with E-state index in [2.05, 4.69) is 51.1 Å². The summed E-state index contributed by atoms with van der Waals surface area (Å²) in [6.07, 6.45) is 1.88. The van der Waals surface area contributed by atoms with Crippen molar-refractivity contribution in [1.29, 1.82) is 0 Å². The van der Waals surface area contributed by atoms with Crippen molar-refractivity contribution >= 4 is 5.91 Å². The number of methoxy groups -OCH3 is 2. The molecule has 0 unspecified atom stereocenters. The lowest BCUT2D eigenvalue weighted by molar-refractivity contribution is -0.139. The Morgan fingerprint density at radius 3 is 2.06 bits per heavy atom. The molecule has 0 aliphatic carbocycles. The molecule has 0 aromatic heterocycles. The Balaban J connectivity index is 1.22. The quantitative estimate of drug-likeness (QED) is 0.665. The summed E-state index contributed by atoms with van der Waals surface area (Å²) in [6.45, 7) is 7.36. The number of hydrogen-bond donors (Lipinski definition) is 0. The van der Waals surface area contributed by atoms with Gasteiger partial charge in [-0.25, -0.2) is 0 Å². The number of hydrogen-bond acceptors (Lipinski definition) is 5. The highest BCUT2D eigenvalue weighted by molar-refractivity contribution is 5.79. The summed E-state index contributed by atoms with van der Waals surface area (Å²) in [5.41, 5.74) is 2.55. The fourth-order valence-electron chi connectivity index (χ4n) is 4.80. The van der Waals surface area contributed by atoms with E-state index >= 15 is 0 Å². The van der Waals surface area contributed by atoms with Crippen LogP contribution in [-0.2, 0) is 17.9 Å². The first kappa shape index (κ1) is 22.6. The molecule has 6 heteroatoms. The second kappa shape index (κ2) is 10.8. The van der Waals surface area contributed by atoms with Crippen molar-refractivity contribution in [1.82, 2.24) is 14.7 Å². The van der Waals surface area contributed by atoms with Crippen molar-refractivity contribution < 1.29 is 14.3 Å². The number of amides is 1. The topological polar surface area (TPSA) is 45.2 Å². The van der Waals surface area contributed by atoms with Crippen molar-refractivity contribution in [3.63, 3.8) is 0 Å². The summed E-state index contributed by atoms with van der Waals surface area (Å²) >= 11 is 0. The Kier molecular flexibility index (Phi) is 7.66. The third-order valence-corrected chi connectivity index (χ3v) is 6.72. The predicted octanol–water partition coefficient (Wildman–Crippen LogP) is 3.26. The van der Waals surface area contributed by atoms with Crippen molar-refractivity contribution in [2.24, 2.45) is 5.92 Å². The minimum Gasteiger partial charge on any atom is -0.493 e. The zero-order valence-corrected chi connectivity index (χ0v) is 19.3. The summed E-state index contributed by atoms with van der Waals surface area (Å²) in [5, 5.41) is 0. The molecule has 0 bridgehead atoms. The molecule has 2 aromatic carbocycles. The third kappa shape index (κ3) is 5.61. The van der Waals surface area contributed by atoms with E-state index in [-0.39, 0.29) is 5.92 Å². The molecule has 172 valence electrons. The highest BCUT2D eigenvalue weighted by Crippen LogP contribution is 2.29. The molecule has 2 aromatic rings. The molecule has 0 radical (unpaired) electrons. The molecule has 0 saturated carbocycles. The van der Waals surface area contributed by atoms with Crippen molar-refractivity contribution in [2.45, 2.75) is 25.9 Å². The normalized spacial score (nSPS) is 18.5. The van der Waals surface area contributed by atoms with Crippen LogP contribution < -0.4 is 9.47 Å². The van der Waals surface area contributed by atoms with Crippen LogP contribution in [-0.4, -0.2) is 74.1 Å². The van der Waals surface area contributed by atoms with Gasteiger partial charge >= 0.3 is 0 Å². The van der Waals surface area contributed by atoms with E-state index in [1.807, 2.05) is 12.1 Å². The SMILES string of the molecule is COc1ccc(CN2CCC(C(=O)N3CCN(Cc4ccccc4)CC3)CC2)cc1OC. The van der Waals surface area contributed by atoms with Crippen LogP contribution in [0.15, 0.2) is 48.5 Å². The molecule has 6 nitrogen and oxygen atoms in total. The van der Waals surface area contributed by atoms with Crippen LogP contribution >= 0.6 is 0 Å². The Labute approximate surface area is 191 Å². The van der Waals surface area contributed by atoms with Gasteiger partial charge in [-0.15, -0.1) is 0 Å². The van der Waals surface area contributed by atoms with Crippen LogP contribution in [0.4, 0.5) is 0 Å². The van der Waals surface area contributed by atoms with E-state index in [9.17, 15) is 4.79 Å². The number of rotatable bonds is 7. The van der Waals surface area contributed by atoms with Crippen molar-refractivity contribution in [3.05, 3.63) is 59.7 Å². The molecular weight excluding hydrogens is 402 g/mol. The molecule has 2 aliphatic heterocycles. The molecule has 32 heavy (non-hydrogen) atoms. The van der Waals surface area contributed by atoms with Crippen LogP contribution in [0.5, 0.6) is 11.5 Å². The van der Waals surface area contributed by atoms with Crippen LogP contribution in [0.2, 0.25) is 0 Å². The van der Waals surface area contributed by atoms with Gasteiger partial charge in [0.2, 0.25) is 5.91 Å². The third-order valence-electron chi connectivity index (χ3n) is 6.72. The number of carbonyl (C=O) groups excluding carboxylic acids is 1. The number of benzene rings is 2. The number of nitrogens with zero attached hydrogens (tertiary/aromatic N) is 3. The van der Waals surface area contributed by atoms with E-state index in [4.69, 9.17) is 9.47 Å². The van der Waals surface area contributed by atoms with E-state index in [1.165, 1.54) is 11.1 Å². The summed E-state index contributed by atoms with van der Waals surface area (Å²) in [6, 6.07) is 16.7. The van der Waals surface area contributed by atoms with E-state index < -0.39 is 0 Å². The number of piperidine rings is 1. The molecule has 2 saturated heterocycles. The Hall–Kier alpha value is -2.57. The number of ether oxygens (including phenoxy) is 2. The lowest BCUT2D eigenvalue weighted by atomic mass is 9.94. The van der Waals surface area contributed by atoms with Gasteiger partial charge in [0.15, 0.2) is 11.5 Å². The van der Waals surface area contributed by atoms with Gasteiger partial charge in [0.05, 0.1) is 14.2 Å². The average molecular weight is 438 g/mol. The zero-order chi connectivity index (χ0) is 22.3. The minimum absolute atomic E-state index is 0.164. The maximum absolute atomic E-state index is 13.1. The van der Waals surface area contributed by atoms with Crippen LogP contribution in [0.25, 0.3) is 0 Å². The smallest absolute Gasteiger partial charge is 0.225 e. The largest absolute Gasteiger partial charge is 0.493 e. The molecule has 4 rings (SSSR count). The monoisotopic (exact) mass is 437 g/mol. The van der Waals surface area contributed by atoms with E-state index in [0.717, 1.165) is 76.7 Å². The molecule has 2 aliphatic rings. The molecule has 0 atom stereocenters. The Morgan fingerprint density at radius 1 is 0.781 bits per heavy atom. The number of piperazine rings is 1. The second-order valence-electron chi connectivity index (χ2n) is 8.83. The van der Waals surface area contributed by atoms with Crippen molar-refractivity contribution in [2.75, 3.05) is 53.5 Å². The van der Waals surface area contributed by atoms with Gasteiger partial charge in [-0.05, 0) is 49.2 Å². The molecule has 2 fully saturated rings. The lowest BCUT2D eigenvalue weighted by Gasteiger charge is -2.38. The average Bonchev–Trinajstić information content (AvgIpc) is 2.85. The first-order valence-corrected chi connectivity index (χ1v) is 11.6. The lowest BCUT2D eigenvalue weighted by Crippen LogP contribution is -2.51. The standard InChI is InChI=1S/C26H35N3O3/c1-31-24-9-8-22(18-25(24)32-2)20-27-12-10-23(11-13-27)26(30)29-16-14-28(15-17-29)19-21-6-4-3-5-7-21/h3-9,18,23H,10-17,19-20H2,1-2H3. The van der Waals surface area contributed by atoms with Gasteiger partial charge in [0.25, 0.3) is 0 Å². The Bertz CT molecular complexity index is 873. The fourth-order valence-corrected chi connectivity index (χ4v) is 4.80. The second-order valence-corrected chi connectivity index (χ2v) is 8.83. The van der Waals surface area contributed by atoms with Crippen LogP contribution in [0, 0.1) is 5.92 Å². The van der Waals surface area contributed by atoms with Crippen LogP contribution in [0.3, 0.4) is 0 Å². The van der Waals surface area contributed by atoms with Gasteiger partial charge in [0.1, 0.15) is 0 Å². The van der Waals surface area contributed by atoms with Gasteiger partial charge in [-0.3, -0.25) is 14.6 Å². The van der Waals surface area contributed by atoms with Gasteiger partial charge in [-0.1, -0.05) is 36.4 Å². The molecule has 0 spiro atoms. The highest BCUT2D eigenvalue weighted by atomic mass is 16.5. The van der Waals surface area contributed by atoms with Gasteiger partial charge < -0.3 is 14.4 Å². The summed E-state index contributed by atoms with van der Waals surface area (Å²) in [4.78, 5) is 20.1. The van der Waals surface area contributed by atoms with Gasteiger partial charge in [0, 0.05) is 45.2 Å². The first-order chi connectivity index (χ1) is 15.7. The Morgan fingerprint density at radius 2 is 1.41 bits per heavy atom. The van der Waals surface area contributed by atoms with Crippen LogP contribution in [0.1, 0.15) is 24.0 Å². The zero-order valence-electron chi connectivity index (χ0n) is 19.3. The number of likely N-dealkylation sites (tertiary alicyclic amines) is 1. The van der Waals surface area contributed by atoms with Gasteiger partial charge in [-0.2, -0.15) is 0 Å². The van der Waals surface area contributed by atoms with Crippen molar-refractivity contribution in [3.8, 4) is 11.5 Å². The summed E-state index contributed by atoms with van der Waals surface area (Å²) < 4.78 is 10.8. The molecular formula is C26H35N3O3. The highest BCUT2D eigenvalue weighted by Gasteiger charge is 2.30. The number of carbonyl (C=O) groups is 1. The molecule has 0 N–H and O–H groups in total. The predicted molar refractivity (Wildman–Crippen MR) is 126 cm³/mol. The summed E-state index contributed by atoms with van der Waals surface area (Å²) in [7, 11) is 3.32. The fraction of sp³-hybridized carbons (Fsp3) is 0.500. The molecule has 1 amide bonds. The molecule has 2 heterocycles. The minimum atomic E-state index is 0.164. The maximum atomic E-state index is 13.1. The summed E-state index contributed by atoms with van der Waals surface area (Å²) in [5.74, 6) is 2.04. The van der Waals surface area contributed by atoms with E-state index in [1.54, 1.807) is 14.2 Å². The van der Waals surface area contributed by atoms with E-state index in [0.29, 0.717) is 5.91 Å².